The number of halogens is 4. The molecular formula is C13H11BrClF2NOS. The Kier molecular flexibility index (Phi) is 5.37. The molecule has 0 spiro atoms. The number of benzene rings is 1. The number of thiophene rings is 1. The van der Waals surface area contributed by atoms with Crippen LogP contribution in [-0.2, 0) is 0 Å². The summed E-state index contributed by atoms with van der Waals surface area (Å²) in [5.74, 6) is 0.138. The summed E-state index contributed by atoms with van der Waals surface area (Å²) in [4.78, 5) is 0.985. The van der Waals surface area contributed by atoms with Crippen LogP contribution in [0.1, 0.15) is 16.5 Å². The average molecular weight is 383 g/mol. The Bertz CT molecular complexity index is 574. The zero-order chi connectivity index (χ0) is 14.7. The van der Waals surface area contributed by atoms with E-state index < -0.39 is 6.61 Å². The van der Waals surface area contributed by atoms with Gasteiger partial charge >= 0.3 is 6.61 Å². The molecule has 2 aromatic rings. The molecule has 108 valence electrons. The topological polar surface area (TPSA) is 21.3 Å². The van der Waals surface area contributed by atoms with Crippen molar-refractivity contribution in [1.29, 1.82) is 0 Å². The Balaban J connectivity index is 2.31. The highest BCUT2D eigenvalue weighted by Crippen LogP contribution is 2.37. The van der Waals surface area contributed by atoms with Crippen molar-refractivity contribution < 1.29 is 13.5 Å². The zero-order valence-corrected chi connectivity index (χ0v) is 13.5. The smallest absolute Gasteiger partial charge is 0.387 e. The number of hydrogen-bond donors (Lipinski definition) is 1. The van der Waals surface area contributed by atoms with E-state index in [1.165, 1.54) is 17.4 Å². The van der Waals surface area contributed by atoms with Crippen molar-refractivity contribution in [2.45, 2.75) is 12.7 Å². The number of ether oxygens (including phenoxy) is 1. The van der Waals surface area contributed by atoms with Crippen molar-refractivity contribution in [3.05, 3.63) is 49.6 Å². The van der Waals surface area contributed by atoms with Crippen molar-refractivity contribution in [1.82, 2.24) is 5.32 Å². The Morgan fingerprint density at radius 1 is 1.35 bits per heavy atom. The summed E-state index contributed by atoms with van der Waals surface area (Å²) in [6.07, 6.45) is 0. The van der Waals surface area contributed by atoms with Crippen molar-refractivity contribution in [2.75, 3.05) is 7.05 Å². The normalized spacial score (nSPS) is 12.7. The van der Waals surface area contributed by atoms with Gasteiger partial charge < -0.3 is 10.1 Å². The van der Waals surface area contributed by atoms with Gasteiger partial charge in [0.05, 0.1) is 6.04 Å². The third-order valence-electron chi connectivity index (χ3n) is 2.65. The fourth-order valence-corrected chi connectivity index (χ4v) is 3.72. The van der Waals surface area contributed by atoms with E-state index in [1.54, 1.807) is 19.2 Å². The quantitative estimate of drug-likeness (QED) is 0.779. The predicted molar refractivity (Wildman–Crippen MR) is 81.0 cm³/mol. The van der Waals surface area contributed by atoms with E-state index >= 15 is 0 Å². The van der Waals surface area contributed by atoms with Crippen LogP contribution >= 0.6 is 38.9 Å². The van der Waals surface area contributed by atoms with E-state index in [1.807, 2.05) is 12.1 Å². The van der Waals surface area contributed by atoms with Crippen molar-refractivity contribution >= 4 is 38.9 Å². The van der Waals surface area contributed by atoms with Gasteiger partial charge in [-0.15, -0.1) is 11.3 Å². The van der Waals surface area contributed by atoms with Gasteiger partial charge in [-0.2, -0.15) is 8.78 Å². The molecule has 20 heavy (non-hydrogen) atoms. The molecule has 0 saturated heterocycles. The zero-order valence-electron chi connectivity index (χ0n) is 10.4. The summed E-state index contributed by atoms with van der Waals surface area (Å²) in [6.45, 7) is -2.83. The van der Waals surface area contributed by atoms with Crippen LogP contribution in [0.4, 0.5) is 8.78 Å². The third kappa shape index (κ3) is 3.69. The van der Waals surface area contributed by atoms with Crippen LogP contribution in [0, 0.1) is 0 Å². The molecule has 0 aliphatic heterocycles. The molecular weight excluding hydrogens is 372 g/mol. The first-order valence-corrected chi connectivity index (χ1v) is 7.66. The fraction of sp³-hybridized carbons (Fsp3) is 0.231. The molecule has 0 aliphatic carbocycles. The Morgan fingerprint density at radius 3 is 2.65 bits per heavy atom. The molecule has 2 rings (SSSR count). The van der Waals surface area contributed by atoms with E-state index in [0.717, 1.165) is 14.9 Å². The molecule has 2 nitrogen and oxygen atoms in total. The molecule has 1 atom stereocenters. The third-order valence-corrected chi connectivity index (χ3v) is 5.19. The second kappa shape index (κ2) is 6.85. The molecule has 0 radical (unpaired) electrons. The molecule has 1 N–H and O–H groups in total. The Labute approximate surface area is 132 Å². The average Bonchev–Trinajstić information content (AvgIpc) is 2.70. The van der Waals surface area contributed by atoms with Gasteiger partial charge in [0.25, 0.3) is 0 Å². The maximum atomic E-state index is 12.3. The lowest BCUT2D eigenvalue weighted by atomic mass is 10.1. The number of rotatable bonds is 5. The summed E-state index contributed by atoms with van der Waals surface area (Å²) in [7, 11) is 1.80. The summed E-state index contributed by atoms with van der Waals surface area (Å²) in [5.41, 5.74) is 0.830. The molecule has 1 aromatic carbocycles. The van der Waals surface area contributed by atoms with Crippen LogP contribution in [0.3, 0.4) is 0 Å². The highest BCUT2D eigenvalue weighted by atomic mass is 79.9. The largest absolute Gasteiger partial charge is 0.435 e. The second-order valence-electron chi connectivity index (χ2n) is 3.94. The van der Waals surface area contributed by atoms with E-state index in [9.17, 15) is 8.78 Å². The number of nitrogens with one attached hydrogen (secondary N) is 1. The molecule has 0 amide bonds. The Morgan fingerprint density at radius 2 is 2.10 bits per heavy atom. The standard InChI is InChI=1S/C13H11BrClF2NOS/c1-18-11(10-6-9(14)12(15)20-10)7-3-2-4-8(5-7)19-13(16)17/h2-6,11,13,18H,1H3. The highest BCUT2D eigenvalue weighted by molar-refractivity contribution is 9.10. The van der Waals surface area contributed by atoms with Gasteiger partial charge in [-0.3, -0.25) is 0 Å². The summed E-state index contributed by atoms with van der Waals surface area (Å²) in [5, 5.41) is 3.14. The fourth-order valence-electron chi connectivity index (χ4n) is 1.85. The molecule has 0 aliphatic rings. The van der Waals surface area contributed by atoms with Gasteiger partial charge in [0.15, 0.2) is 0 Å². The maximum Gasteiger partial charge on any atom is 0.387 e. The lowest BCUT2D eigenvalue weighted by molar-refractivity contribution is -0.0498. The number of hydrogen-bond acceptors (Lipinski definition) is 3. The van der Waals surface area contributed by atoms with Crippen LogP contribution in [0.2, 0.25) is 4.34 Å². The minimum absolute atomic E-state index is 0.134. The van der Waals surface area contributed by atoms with Crippen molar-refractivity contribution in [3.63, 3.8) is 0 Å². The van der Waals surface area contributed by atoms with Crippen molar-refractivity contribution in [3.8, 4) is 5.75 Å². The van der Waals surface area contributed by atoms with Crippen LogP contribution in [0.5, 0.6) is 5.75 Å². The van der Waals surface area contributed by atoms with Gasteiger partial charge in [-0.25, -0.2) is 0 Å². The first kappa shape index (κ1) is 15.7. The molecule has 7 heteroatoms. The highest BCUT2D eigenvalue weighted by Gasteiger charge is 2.17. The van der Waals surface area contributed by atoms with Gasteiger partial charge in [-0.05, 0) is 46.7 Å². The predicted octanol–water partition coefficient (Wildman–Crippen LogP) is 5.07. The lowest BCUT2D eigenvalue weighted by Crippen LogP contribution is -2.16. The first-order valence-electron chi connectivity index (χ1n) is 5.68. The van der Waals surface area contributed by atoms with E-state index in [0.29, 0.717) is 4.34 Å². The van der Waals surface area contributed by atoms with E-state index in [-0.39, 0.29) is 11.8 Å². The first-order chi connectivity index (χ1) is 9.51. The van der Waals surface area contributed by atoms with Crippen LogP contribution in [-0.4, -0.2) is 13.7 Å². The summed E-state index contributed by atoms with van der Waals surface area (Å²) < 4.78 is 30.4. The minimum Gasteiger partial charge on any atom is -0.435 e. The van der Waals surface area contributed by atoms with Gasteiger partial charge in [0.2, 0.25) is 0 Å². The maximum absolute atomic E-state index is 12.3. The van der Waals surface area contributed by atoms with E-state index in [2.05, 4.69) is 26.0 Å². The van der Waals surface area contributed by atoms with Crippen LogP contribution < -0.4 is 10.1 Å². The van der Waals surface area contributed by atoms with Gasteiger partial charge in [0.1, 0.15) is 10.1 Å². The minimum atomic E-state index is -2.83. The van der Waals surface area contributed by atoms with Gasteiger partial charge in [0, 0.05) is 9.35 Å². The molecule has 0 bridgehead atoms. The molecule has 0 saturated carbocycles. The van der Waals surface area contributed by atoms with Crippen LogP contribution in [0.25, 0.3) is 0 Å². The van der Waals surface area contributed by atoms with E-state index in [4.69, 9.17) is 11.6 Å². The van der Waals surface area contributed by atoms with Gasteiger partial charge in [-0.1, -0.05) is 23.7 Å². The Hall–Kier alpha value is -0.690. The molecule has 1 aromatic heterocycles. The lowest BCUT2D eigenvalue weighted by Gasteiger charge is -2.16. The molecule has 1 heterocycles. The van der Waals surface area contributed by atoms with Crippen LogP contribution in [0.15, 0.2) is 34.8 Å². The number of alkyl halides is 2. The molecule has 0 fully saturated rings. The molecule has 1 unspecified atom stereocenters. The SMILES string of the molecule is CNC(c1cccc(OC(F)F)c1)c1cc(Br)c(Cl)s1. The summed E-state index contributed by atoms with van der Waals surface area (Å²) >= 11 is 10.8. The summed E-state index contributed by atoms with van der Waals surface area (Å²) in [6, 6.07) is 8.40. The van der Waals surface area contributed by atoms with Crippen molar-refractivity contribution in [2.24, 2.45) is 0 Å². The monoisotopic (exact) mass is 381 g/mol. The second-order valence-corrected chi connectivity index (χ2v) is 6.48.